The van der Waals surface area contributed by atoms with Gasteiger partial charge in [-0.25, -0.2) is 4.79 Å². The van der Waals surface area contributed by atoms with Crippen LogP contribution in [-0.4, -0.2) is 31.0 Å². The number of ether oxygens (including phenoxy) is 2. The van der Waals surface area contributed by atoms with E-state index in [1.165, 1.54) is 32.5 Å². The first-order chi connectivity index (χ1) is 9.67. The maximum Gasteiger partial charge on any atom is 0.337 e. The van der Waals surface area contributed by atoms with E-state index in [4.69, 9.17) is 4.74 Å². The van der Waals surface area contributed by atoms with Crippen molar-refractivity contribution in [2.45, 2.75) is 0 Å². The number of ketones is 1. The number of nitrogens with zero attached hydrogens (tertiary/aromatic N) is 1. The molecule has 0 unspecified atom stereocenters. The summed E-state index contributed by atoms with van der Waals surface area (Å²) in [6.45, 7) is 0. The summed E-state index contributed by atoms with van der Waals surface area (Å²) in [6.07, 6.45) is 1.40. The molecule has 2 rings (SSSR count). The van der Waals surface area contributed by atoms with Gasteiger partial charge in [-0.3, -0.25) is 9.78 Å². The second-order valence-electron chi connectivity index (χ2n) is 3.95. The van der Waals surface area contributed by atoms with E-state index < -0.39 is 5.97 Å². The summed E-state index contributed by atoms with van der Waals surface area (Å²) in [5.74, 6) is -0.363. The van der Waals surface area contributed by atoms with Crippen LogP contribution < -0.4 is 4.74 Å². The Hall–Kier alpha value is -2.69. The van der Waals surface area contributed by atoms with Crippen molar-refractivity contribution < 1.29 is 19.1 Å². The summed E-state index contributed by atoms with van der Waals surface area (Å²) >= 11 is 0. The van der Waals surface area contributed by atoms with Gasteiger partial charge >= 0.3 is 5.97 Å². The number of carbonyl (C=O) groups is 2. The van der Waals surface area contributed by atoms with Gasteiger partial charge in [0, 0.05) is 6.20 Å². The summed E-state index contributed by atoms with van der Waals surface area (Å²) in [4.78, 5) is 27.9. The summed E-state index contributed by atoms with van der Waals surface area (Å²) in [5, 5.41) is 0. The van der Waals surface area contributed by atoms with Crippen molar-refractivity contribution in [3.05, 3.63) is 59.4 Å². The SMILES string of the molecule is COC(=O)c1ccnc(C(=O)c2ccccc2OC)c1. The van der Waals surface area contributed by atoms with Gasteiger partial charge in [-0.1, -0.05) is 12.1 Å². The highest BCUT2D eigenvalue weighted by molar-refractivity contribution is 6.10. The number of hydrogen-bond acceptors (Lipinski definition) is 5. The van der Waals surface area contributed by atoms with Crippen LogP contribution in [0.2, 0.25) is 0 Å². The molecular weight excluding hydrogens is 258 g/mol. The number of carbonyl (C=O) groups excluding carboxylic acids is 2. The molecule has 0 N–H and O–H groups in total. The van der Waals surface area contributed by atoms with Gasteiger partial charge in [0.25, 0.3) is 0 Å². The molecule has 5 nitrogen and oxygen atoms in total. The molecular formula is C15H13NO4. The van der Waals surface area contributed by atoms with Crippen LogP contribution in [0.5, 0.6) is 5.75 Å². The first kappa shape index (κ1) is 13.7. The quantitative estimate of drug-likeness (QED) is 0.629. The van der Waals surface area contributed by atoms with E-state index in [1.54, 1.807) is 24.3 Å². The minimum absolute atomic E-state index is 0.164. The van der Waals surface area contributed by atoms with Gasteiger partial charge < -0.3 is 9.47 Å². The first-order valence-electron chi connectivity index (χ1n) is 5.89. The highest BCUT2D eigenvalue weighted by Crippen LogP contribution is 2.20. The normalized spacial score (nSPS) is 9.90. The third kappa shape index (κ3) is 2.66. The fourth-order valence-electron chi connectivity index (χ4n) is 1.77. The molecule has 1 aromatic carbocycles. The van der Waals surface area contributed by atoms with E-state index >= 15 is 0 Å². The Morgan fingerprint density at radius 3 is 2.55 bits per heavy atom. The van der Waals surface area contributed by atoms with E-state index in [2.05, 4.69) is 9.72 Å². The van der Waals surface area contributed by atoms with E-state index in [-0.39, 0.29) is 17.0 Å². The Balaban J connectivity index is 2.41. The predicted molar refractivity (Wildman–Crippen MR) is 72.0 cm³/mol. The molecule has 1 heterocycles. The van der Waals surface area contributed by atoms with Crippen LogP contribution in [0.25, 0.3) is 0 Å². The second-order valence-corrected chi connectivity index (χ2v) is 3.95. The number of para-hydroxylation sites is 1. The highest BCUT2D eigenvalue weighted by Gasteiger charge is 2.17. The Kier molecular flexibility index (Phi) is 4.10. The standard InChI is InChI=1S/C15H13NO4/c1-19-13-6-4-3-5-11(13)14(17)12-9-10(7-8-16-12)15(18)20-2/h3-9H,1-2H3. The van der Waals surface area contributed by atoms with Crippen molar-refractivity contribution in [1.82, 2.24) is 4.98 Å². The lowest BCUT2D eigenvalue weighted by Gasteiger charge is -2.07. The third-order valence-corrected chi connectivity index (χ3v) is 2.77. The number of benzene rings is 1. The van der Waals surface area contributed by atoms with E-state index in [9.17, 15) is 9.59 Å². The monoisotopic (exact) mass is 271 g/mol. The number of esters is 1. The van der Waals surface area contributed by atoms with Crippen molar-refractivity contribution in [2.75, 3.05) is 14.2 Å². The maximum absolute atomic E-state index is 12.4. The van der Waals surface area contributed by atoms with Gasteiger partial charge in [-0.05, 0) is 24.3 Å². The van der Waals surface area contributed by atoms with Gasteiger partial charge in [0.05, 0.1) is 25.3 Å². The van der Waals surface area contributed by atoms with E-state index in [0.29, 0.717) is 11.3 Å². The van der Waals surface area contributed by atoms with Crippen molar-refractivity contribution in [2.24, 2.45) is 0 Å². The zero-order chi connectivity index (χ0) is 14.5. The zero-order valence-electron chi connectivity index (χ0n) is 11.1. The third-order valence-electron chi connectivity index (χ3n) is 2.77. The van der Waals surface area contributed by atoms with Crippen LogP contribution in [0.3, 0.4) is 0 Å². The molecule has 0 spiro atoms. The molecule has 0 saturated carbocycles. The van der Waals surface area contributed by atoms with Gasteiger partial charge in [0.2, 0.25) is 5.78 Å². The number of methoxy groups -OCH3 is 2. The first-order valence-corrected chi connectivity index (χ1v) is 5.89. The van der Waals surface area contributed by atoms with Crippen molar-refractivity contribution in [3.8, 4) is 5.75 Å². The smallest absolute Gasteiger partial charge is 0.337 e. The molecule has 1 aromatic heterocycles. The van der Waals surface area contributed by atoms with Crippen molar-refractivity contribution >= 4 is 11.8 Å². The molecule has 0 amide bonds. The summed E-state index contributed by atoms with van der Waals surface area (Å²) in [5.41, 5.74) is 0.836. The average Bonchev–Trinajstić information content (AvgIpc) is 2.53. The van der Waals surface area contributed by atoms with Crippen LogP contribution in [0.15, 0.2) is 42.6 Å². The molecule has 0 atom stereocenters. The minimum atomic E-state index is -0.513. The second kappa shape index (κ2) is 5.97. The molecule has 0 aliphatic rings. The highest BCUT2D eigenvalue weighted by atomic mass is 16.5. The Labute approximate surface area is 116 Å². The van der Waals surface area contributed by atoms with Crippen LogP contribution in [-0.2, 0) is 4.74 Å². The molecule has 20 heavy (non-hydrogen) atoms. The summed E-state index contributed by atoms with van der Waals surface area (Å²) in [7, 11) is 2.77. The predicted octanol–water partition coefficient (Wildman–Crippen LogP) is 2.11. The van der Waals surface area contributed by atoms with E-state index in [0.717, 1.165) is 0 Å². The lowest BCUT2D eigenvalue weighted by molar-refractivity contribution is 0.0600. The molecule has 0 saturated heterocycles. The van der Waals surface area contributed by atoms with Crippen LogP contribution in [0.4, 0.5) is 0 Å². The van der Waals surface area contributed by atoms with Crippen LogP contribution >= 0.6 is 0 Å². The minimum Gasteiger partial charge on any atom is -0.496 e. The van der Waals surface area contributed by atoms with Crippen LogP contribution in [0.1, 0.15) is 26.4 Å². The zero-order valence-corrected chi connectivity index (χ0v) is 11.1. The molecule has 0 aliphatic heterocycles. The number of rotatable bonds is 4. The van der Waals surface area contributed by atoms with E-state index in [1.807, 2.05) is 0 Å². The summed E-state index contributed by atoms with van der Waals surface area (Å²) in [6, 6.07) is 9.74. The Bertz CT molecular complexity index is 652. The molecule has 5 heteroatoms. The van der Waals surface area contributed by atoms with Gasteiger partial charge in [-0.15, -0.1) is 0 Å². The lowest BCUT2D eigenvalue weighted by atomic mass is 10.1. The van der Waals surface area contributed by atoms with Gasteiger partial charge in [-0.2, -0.15) is 0 Å². The summed E-state index contributed by atoms with van der Waals surface area (Å²) < 4.78 is 9.77. The lowest BCUT2D eigenvalue weighted by Crippen LogP contribution is -2.09. The van der Waals surface area contributed by atoms with Gasteiger partial charge in [0.15, 0.2) is 0 Å². The van der Waals surface area contributed by atoms with Crippen molar-refractivity contribution in [1.29, 1.82) is 0 Å². The topological polar surface area (TPSA) is 65.5 Å². The fraction of sp³-hybridized carbons (Fsp3) is 0.133. The molecule has 0 bridgehead atoms. The Morgan fingerprint density at radius 2 is 1.85 bits per heavy atom. The van der Waals surface area contributed by atoms with Crippen molar-refractivity contribution in [3.63, 3.8) is 0 Å². The molecule has 0 fully saturated rings. The van der Waals surface area contributed by atoms with Gasteiger partial charge in [0.1, 0.15) is 11.4 Å². The average molecular weight is 271 g/mol. The Morgan fingerprint density at radius 1 is 1.10 bits per heavy atom. The van der Waals surface area contributed by atoms with Crippen LogP contribution in [0, 0.1) is 0 Å². The largest absolute Gasteiger partial charge is 0.496 e. The molecule has 2 aromatic rings. The molecule has 0 aliphatic carbocycles. The maximum atomic E-state index is 12.4. The fourth-order valence-corrected chi connectivity index (χ4v) is 1.77. The number of pyridine rings is 1. The number of aromatic nitrogens is 1. The molecule has 102 valence electrons. The molecule has 0 radical (unpaired) electrons. The number of hydrogen-bond donors (Lipinski definition) is 0.